The predicted molar refractivity (Wildman–Crippen MR) is 114 cm³/mol. The molecule has 1 fully saturated rings. The Morgan fingerprint density at radius 1 is 0.968 bits per heavy atom. The molecule has 0 radical (unpaired) electrons. The van der Waals surface area contributed by atoms with Crippen molar-refractivity contribution in [1.29, 1.82) is 0 Å². The van der Waals surface area contributed by atoms with Crippen LogP contribution in [0.15, 0.2) is 60.0 Å². The lowest BCUT2D eigenvalue weighted by molar-refractivity contribution is 0.384. The van der Waals surface area contributed by atoms with Crippen LogP contribution in [0.1, 0.15) is 5.56 Å². The fraction of sp³-hybridized carbons (Fsp3) is 0.250. The molecule has 0 aliphatic carbocycles. The van der Waals surface area contributed by atoms with Crippen LogP contribution in [-0.2, 0) is 10.0 Å². The number of pyridine rings is 1. The van der Waals surface area contributed by atoms with Crippen LogP contribution in [0.25, 0.3) is 16.9 Å². The van der Waals surface area contributed by atoms with E-state index in [-0.39, 0.29) is 4.90 Å². The number of benzene rings is 1. The van der Waals surface area contributed by atoms with Crippen molar-refractivity contribution >= 4 is 27.0 Å². The molecule has 0 saturated carbocycles. The lowest BCUT2D eigenvalue weighted by Crippen LogP contribution is -2.49. The Hall–Kier alpha value is -3.44. The molecule has 1 aliphatic heterocycles. The van der Waals surface area contributed by atoms with E-state index in [1.54, 1.807) is 23.0 Å². The monoisotopic (exact) mass is 436 g/mol. The molecule has 0 unspecified atom stereocenters. The molecule has 0 bridgehead atoms. The summed E-state index contributed by atoms with van der Waals surface area (Å²) in [7, 11) is -3.57. The number of aryl methyl sites for hydroxylation is 1. The van der Waals surface area contributed by atoms with E-state index in [1.165, 1.54) is 16.8 Å². The van der Waals surface area contributed by atoms with Gasteiger partial charge < -0.3 is 4.90 Å². The first-order valence-electron chi connectivity index (χ1n) is 9.82. The maximum Gasteiger partial charge on any atom is 0.244 e. The number of sulfonamides is 1. The Morgan fingerprint density at radius 3 is 2.45 bits per heavy atom. The molecule has 158 valence electrons. The van der Waals surface area contributed by atoms with Crippen molar-refractivity contribution in [3.8, 4) is 5.69 Å². The minimum absolute atomic E-state index is 0.203. The van der Waals surface area contributed by atoms with Gasteiger partial charge in [-0.15, -0.1) is 5.10 Å². The zero-order valence-electron chi connectivity index (χ0n) is 16.8. The highest BCUT2D eigenvalue weighted by atomic mass is 32.2. The smallest absolute Gasteiger partial charge is 0.244 e. The van der Waals surface area contributed by atoms with E-state index in [0.717, 1.165) is 11.3 Å². The molecule has 0 spiro atoms. The van der Waals surface area contributed by atoms with Crippen LogP contribution in [-0.4, -0.2) is 68.8 Å². The number of aromatic nitrogens is 6. The van der Waals surface area contributed by atoms with Crippen molar-refractivity contribution in [3.05, 3.63) is 60.7 Å². The van der Waals surface area contributed by atoms with Crippen LogP contribution in [0, 0.1) is 6.92 Å². The third kappa shape index (κ3) is 3.51. The molecule has 1 aromatic carbocycles. The normalized spacial score (nSPS) is 15.5. The number of hydrogen-bond acceptors (Lipinski definition) is 8. The lowest BCUT2D eigenvalue weighted by atomic mass is 10.2. The minimum atomic E-state index is -3.57. The van der Waals surface area contributed by atoms with Gasteiger partial charge in [-0.2, -0.15) is 8.99 Å². The molecule has 5 rings (SSSR count). The third-order valence-electron chi connectivity index (χ3n) is 5.31. The summed E-state index contributed by atoms with van der Waals surface area (Å²) in [4.78, 5) is 14.9. The van der Waals surface area contributed by atoms with Gasteiger partial charge in [0.2, 0.25) is 10.0 Å². The summed E-state index contributed by atoms with van der Waals surface area (Å²) < 4.78 is 28.8. The van der Waals surface area contributed by atoms with Crippen LogP contribution in [0.5, 0.6) is 0 Å². The Kier molecular flexibility index (Phi) is 4.83. The Morgan fingerprint density at radius 2 is 1.74 bits per heavy atom. The van der Waals surface area contributed by atoms with Crippen LogP contribution in [0.2, 0.25) is 0 Å². The van der Waals surface area contributed by atoms with E-state index < -0.39 is 10.0 Å². The van der Waals surface area contributed by atoms with Crippen molar-refractivity contribution in [1.82, 2.24) is 34.3 Å². The first kappa shape index (κ1) is 19.5. The van der Waals surface area contributed by atoms with Gasteiger partial charge in [-0.05, 0) is 31.2 Å². The van der Waals surface area contributed by atoms with Gasteiger partial charge in [0.05, 0.1) is 5.69 Å². The van der Waals surface area contributed by atoms with E-state index >= 15 is 0 Å². The van der Waals surface area contributed by atoms with Crippen molar-refractivity contribution in [2.75, 3.05) is 31.1 Å². The van der Waals surface area contributed by atoms with Crippen molar-refractivity contribution in [2.24, 2.45) is 0 Å². The van der Waals surface area contributed by atoms with Gasteiger partial charge in [0, 0.05) is 38.6 Å². The fourth-order valence-electron chi connectivity index (χ4n) is 3.62. The predicted octanol–water partition coefficient (Wildman–Crippen LogP) is 1.42. The van der Waals surface area contributed by atoms with Crippen molar-refractivity contribution in [2.45, 2.75) is 11.8 Å². The van der Waals surface area contributed by atoms with Crippen LogP contribution >= 0.6 is 0 Å². The average Bonchev–Trinajstić information content (AvgIpc) is 3.25. The number of piperazine rings is 1. The zero-order chi connectivity index (χ0) is 21.4. The molecule has 0 N–H and O–H groups in total. The first-order valence-corrected chi connectivity index (χ1v) is 11.3. The van der Waals surface area contributed by atoms with Crippen molar-refractivity contribution < 1.29 is 8.42 Å². The van der Waals surface area contributed by atoms with Gasteiger partial charge in [-0.3, -0.25) is 4.98 Å². The summed E-state index contributed by atoms with van der Waals surface area (Å²) in [6.07, 6.45) is 4.42. The maximum atomic E-state index is 12.8. The molecule has 1 saturated heterocycles. The van der Waals surface area contributed by atoms with Crippen LogP contribution < -0.4 is 4.90 Å². The number of hydrogen-bond donors (Lipinski definition) is 0. The average molecular weight is 437 g/mol. The molecule has 10 nitrogen and oxygen atoms in total. The molecule has 0 atom stereocenters. The highest BCUT2D eigenvalue weighted by molar-refractivity contribution is 7.89. The summed E-state index contributed by atoms with van der Waals surface area (Å²) in [6, 6.07) is 11.1. The number of fused-ring (bicyclic) bond motifs is 1. The molecule has 4 heterocycles. The maximum absolute atomic E-state index is 12.8. The molecule has 4 aromatic rings. The third-order valence-corrected chi connectivity index (χ3v) is 7.19. The quantitative estimate of drug-likeness (QED) is 0.472. The minimum Gasteiger partial charge on any atom is -0.352 e. The van der Waals surface area contributed by atoms with Crippen LogP contribution in [0.4, 0.5) is 5.82 Å². The second kappa shape index (κ2) is 7.67. The second-order valence-corrected chi connectivity index (χ2v) is 9.22. The topological polar surface area (TPSA) is 110 Å². The van der Waals surface area contributed by atoms with Gasteiger partial charge in [-0.1, -0.05) is 22.9 Å². The number of rotatable bonds is 4. The summed E-state index contributed by atoms with van der Waals surface area (Å²) >= 11 is 0. The Bertz CT molecular complexity index is 1310. The highest BCUT2D eigenvalue weighted by Crippen LogP contribution is 2.25. The molecular formula is C20H20N8O2S. The van der Waals surface area contributed by atoms with Gasteiger partial charge >= 0.3 is 0 Å². The van der Waals surface area contributed by atoms with E-state index in [4.69, 9.17) is 0 Å². The SMILES string of the molecule is Cc1ccc(-n2nnc3c(N4CCN(S(=O)(=O)c5cccnc5)CC4)ncnc32)cc1. The van der Waals surface area contributed by atoms with Gasteiger partial charge in [-0.25, -0.2) is 18.4 Å². The summed E-state index contributed by atoms with van der Waals surface area (Å²) in [5.41, 5.74) is 3.22. The Labute approximate surface area is 179 Å². The van der Waals surface area contributed by atoms with Gasteiger partial charge in [0.15, 0.2) is 17.0 Å². The summed E-state index contributed by atoms with van der Waals surface area (Å²) in [5, 5.41) is 8.58. The zero-order valence-corrected chi connectivity index (χ0v) is 17.6. The summed E-state index contributed by atoms with van der Waals surface area (Å²) in [5.74, 6) is 0.654. The van der Waals surface area contributed by atoms with E-state index in [1.807, 2.05) is 36.1 Å². The number of anilines is 1. The highest BCUT2D eigenvalue weighted by Gasteiger charge is 2.30. The molecular weight excluding hydrogens is 416 g/mol. The van der Waals surface area contributed by atoms with Gasteiger partial charge in [0.1, 0.15) is 11.2 Å². The molecule has 1 aliphatic rings. The first-order chi connectivity index (χ1) is 15.0. The van der Waals surface area contributed by atoms with Crippen molar-refractivity contribution in [3.63, 3.8) is 0 Å². The number of nitrogens with zero attached hydrogens (tertiary/aromatic N) is 8. The van der Waals surface area contributed by atoms with Gasteiger partial charge in [0.25, 0.3) is 0 Å². The second-order valence-electron chi connectivity index (χ2n) is 7.29. The van der Waals surface area contributed by atoms with E-state index in [0.29, 0.717) is 43.2 Å². The molecule has 31 heavy (non-hydrogen) atoms. The standard InChI is InChI=1S/C20H20N8O2S/c1-15-4-6-16(7-5-15)28-20-18(24-25-28)19(22-14-23-20)26-9-11-27(12-10-26)31(29,30)17-3-2-8-21-13-17/h2-8,13-14H,9-12H2,1H3. The van der Waals surface area contributed by atoms with Crippen LogP contribution in [0.3, 0.4) is 0 Å². The lowest BCUT2D eigenvalue weighted by Gasteiger charge is -2.34. The summed E-state index contributed by atoms with van der Waals surface area (Å²) in [6.45, 7) is 3.69. The largest absolute Gasteiger partial charge is 0.352 e. The molecule has 11 heteroatoms. The fourth-order valence-corrected chi connectivity index (χ4v) is 5.00. The molecule has 0 amide bonds. The van der Waals surface area contributed by atoms with E-state index in [2.05, 4.69) is 25.3 Å². The molecule has 3 aromatic heterocycles. The van der Waals surface area contributed by atoms with E-state index in [9.17, 15) is 8.42 Å². The Balaban J connectivity index is 1.40.